The molecule has 1 atom stereocenters. The van der Waals surface area contributed by atoms with Crippen molar-refractivity contribution in [1.29, 1.82) is 0 Å². The smallest absolute Gasteiger partial charge is 0.262 e. The second-order valence-electron chi connectivity index (χ2n) is 10.6. The van der Waals surface area contributed by atoms with Crippen molar-refractivity contribution in [2.24, 2.45) is 0 Å². The Morgan fingerprint density at radius 1 is 0.650 bits per heavy atom. The van der Waals surface area contributed by atoms with Crippen molar-refractivity contribution in [2.45, 2.75) is 83.6 Å². The van der Waals surface area contributed by atoms with Crippen molar-refractivity contribution in [1.82, 2.24) is 15.1 Å². The van der Waals surface area contributed by atoms with Crippen molar-refractivity contribution in [3.63, 3.8) is 0 Å². The van der Waals surface area contributed by atoms with E-state index >= 15 is 0 Å². The highest BCUT2D eigenvalue weighted by molar-refractivity contribution is 6.23. The van der Waals surface area contributed by atoms with Crippen LogP contribution in [0.5, 0.6) is 0 Å². The second kappa shape index (κ2) is 14.0. The number of carbonyl (C=O) groups excluding carboxylic acids is 5. The summed E-state index contributed by atoms with van der Waals surface area (Å²) >= 11 is 0. The maximum Gasteiger partial charge on any atom is 0.262 e. The summed E-state index contributed by atoms with van der Waals surface area (Å²) in [6, 6.07) is 11.9. The lowest BCUT2D eigenvalue weighted by atomic mass is 10.1. The van der Waals surface area contributed by atoms with Gasteiger partial charge in [0.05, 0.1) is 22.3 Å². The minimum Gasteiger partial charge on any atom is -0.354 e. The molecule has 8 heteroatoms. The zero-order chi connectivity index (χ0) is 28.5. The van der Waals surface area contributed by atoms with Gasteiger partial charge < -0.3 is 5.32 Å². The molecule has 0 spiro atoms. The van der Waals surface area contributed by atoms with Gasteiger partial charge >= 0.3 is 0 Å². The fourth-order valence-corrected chi connectivity index (χ4v) is 5.50. The summed E-state index contributed by atoms with van der Waals surface area (Å²) in [7, 11) is 0. The van der Waals surface area contributed by atoms with Crippen LogP contribution in [0.15, 0.2) is 48.5 Å². The maximum atomic E-state index is 13.4. The molecule has 0 saturated carbocycles. The number of carbonyl (C=O) groups is 5. The minimum atomic E-state index is -1.14. The Morgan fingerprint density at radius 3 is 1.55 bits per heavy atom. The van der Waals surface area contributed by atoms with E-state index in [9.17, 15) is 24.0 Å². The fourth-order valence-electron chi connectivity index (χ4n) is 5.50. The van der Waals surface area contributed by atoms with E-state index in [1.165, 1.54) is 44.9 Å². The van der Waals surface area contributed by atoms with Gasteiger partial charge in [-0.3, -0.25) is 33.8 Å². The SMILES string of the molecule is CCCCCCCCCCCCNC(=O)C(CCN1C(=O)c2ccccc2C1=O)N1C(=O)c2ccccc2C1=O. The third-order valence-corrected chi connectivity index (χ3v) is 7.77. The standard InChI is InChI=1S/C32H39N3O5/c1-2-3-4-5-6-7-8-9-10-15-21-33-28(36)27(35-31(39)25-18-13-14-19-26(25)32(35)40)20-22-34-29(37)23-16-11-12-17-24(23)30(34)38/h11-14,16-19,27H,2-10,15,20-22H2,1H3,(H,33,36). The molecule has 0 saturated heterocycles. The van der Waals surface area contributed by atoms with Crippen molar-refractivity contribution in [3.05, 3.63) is 70.8 Å². The Balaban J connectivity index is 1.34. The summed E-state index contributed by atoms with van der Waals surface area (Å²) < 4.78 is 0. The van der Waals surface area contributed by atoms with Gasteiger partial charge in [-0.1, -0.05) is 89.0 Å². The number of unbranched alkanes of at least 4 members (excludes halogenated alkanes) is 9. The van der Waals surface area contributed by atoms with E-state index in [-0.39, 0.29) is 24.1 Å². The van der Waals surface area contributed by atoms with Gasteiger partial charge in [0.2, 0.25) is 5.91 Å². The molecule has 5 amide bonds. The average Bonchev–Trinajstić information content (AvgIpc) is 3.36. The summed E-state index contributed by atoms with van der Waals surface area (Å²) in [6.45, 7) is 2.56. The van der Waals surface area contributed by atoms with E-state index in [0.29, 0.717) is 17.7 Å². The first-order valence-corrected chi connectivity index (χ1v) is 14.7. The lowest BCUT2D eigenvalue weighted by molar-refractivity contribution is -0.125. The number of fused-ring (bicyclic) bond motifs is 2. The molecule has 2 aromatic carbocycles. The maximum absolute atomic E-state index is 13.4. The van der Waals surface area contributed by atoms with E-state index in [1.807, 2.05) is 0 Å². The van der Waals surface area contributed by atoms with Gasteiger partial charge in [-0.05, 0) is 37.1 Å². The van der Waals surface area contributed by atoms with Crippen molar-refractivity contribution >= 4 is 29.5 Å². The lowest BCUT2D eigenvalue weighted by Crippen LogP contribution is -2.51. The van der Waals surface area contributed by atoms with Gasteiger partial charge in [0.15, 0.2) is 0 Å². The Labute approximate surface area is 236 Å². The predicted molar refractivity (Wildman–Crippen MR) is 152 cm³/mol. The molecular weight excluding hydrogens is 506 g/mol. The largest absolute Gasteiger partial charge is 0.354 e. The average molecular weight is 546 g/mol. The third-order valence-electron chi connectivity index (χ3n) is 7.77. The molecular formula is C32H39N3O5. The van der Waals surface area contributed by atoms with E-state index in [2.05, 4.69) is 12.2 Å². The number of hydrogen-bond donors (Lipinski definition) is 1. The van der Waals surface area contributed by atoms with E-state index in [4.69, 9.17) is 0 Å². The summed E-state index contributed by atoms with van der Waals surface area (Å²) in [5.41, 5.74) is 1.13. The van der Waals surface area contributed by atoms with Crippen LogP contribution in [0, 0.1) is 0 Å². The van der Waals surface area contributed by atoms with Crippen LogP contribution in [0.1, 0.15) is 119 Å². The lowest BCUT2D eigenvalue weighted by Gasteiger charge is -2.27. The van der Waals surface area contributed by atoms with Crippen molar-refractivity contribution < 1.29 is 24.0 Å². The number of nitrogens with one attached hydrogen (secondary N) is 1. The third kappa shape index (κ3) is 6.49. The highest BCUT2D eigenvalue weighted by Crippen LogP contribution is 2.27. The molecule has 2 heterocycles. The van der Waals surface area contributed by atoms with Gasteiger partial charge in [-0.25, -0.2) is 0 Å². The topological polar surface area (TPSA) is 104 Å². The van der Waals surface area contributed by atoms with E-state index in [1.54, 1.807) is 48.5 Å². The van der Waals surface area contributed by atoms with Gasteiger partial charge in [0.1, 0.15) is 6.04 Å². The van der Waals surface area contributed by atoms with Gasteiger partial charge in [0.25, 0.3) is 23.6 Å². The van der Waals surface area contributed by atoms with E-state index < -0.39 is 35.6 Å². The number of amides is 5. The Kier molecular flexibility index (Phi) is 10.2. The molecule has 40 heavy (non-hydrogen) atoms. The summed E-state index contributed by atoms with van der Waals surface area (Å²) in [4.78, 5) is 67.6. The molecule has 1 N–H and O–H groups in total. The Morgan fingerprint density at radius 2 is 1.07 bits per heavy atom. The highest BCUT2D eigenvalue weighted by atomic mass is 16.2. The molecule has 2 aromatic rings. The number of nitrogens with zero attached hydrogens (tertiary/aromatic N) is 2. The monoisotopic (exact) mass is 545 g/mol. The zero-order valence-electron chi connectivity index (χ0n) is 23.3. The van der Waals surface area contributed by atoms with E-state index in [0.717, 1.165) is 29.1 Å². The summed E-state index contributed by atoms with van der Waals surface area (Å²) in [5.74, 6) is -2.41. The molecule has 212 valence electrons. The molecule has 2 aliphatic rings. The van der Waals surface area contributed by atoms with Crippen LogP contribution >= 0.6 is 0 Å². The van der Waals surface area contributed by atoms with Crippen LogP contribution < -0.4 is 5.32 Å². The first-order chi connectivity index (χ1) is 19.5. The van der Waals surface area contributed by atoms with Gasteiger partial charge in [-0.2, -0.15) is 0 Å². The van der Waals surface area contributed by atoms with Crippen LogP contribution in [0.4, 0.5) is 0 Å². The number of hydrogen-bond acceptors (Lipinski definition) is 5. The number of imide groups is 2. The van der Waals surface area contributed by atoms with Crippen molar-refractivity contribution in [3.8, 4) is 0 Å². The zero-order valence-corrected chi connectivity index (χ0v) is 23.3. The molecule has 2 aliphatic heterocycles. The number of rotatable bonds is 16. The van der Waals surface area contributed by atoms with Crippen LogP contribution in [0.3, 0.4) is 0 Å². The Bertz CT molecular complexity index is 1190. The summed E-state index contributed by atoms with van der Waals surface area (Å²) in [6.07, 6.45) is 11.7. The van der Waals surface area contributed by atoms with Crippen LogP contribution in [0.25, 0.3) is 0 Å². The fraction of sp³-hybridized carbons (Fsp3) is 0.469. The molecule has 0 bridgehead atoms. The van der Waals surface area contributed by atoms with Crippen LogP contribution in [-0.2, 0) is 4.79 Å². The molecule has 1 unspecified atom stereocenters. The normalized spacial score (nSPS) is 15.0. The number of benzene rings is 2. The van der Waals surface area contributed by atoms with Crippen LogP contribution in [-0.4, -0.2) is 58.5 Å². The van der Waals surface area contributed by atoms with Gasteiger partial charge in [0, 0.05) is 13.1 Å². The minimum absolute atomic E-state index is 0.0409. The van der Waals surface area contributed by atoms with Crippen molar-refractivity contribution in [2.75, 3.05) is 13.1 Å². The quantitative estimate of drug-likeness (QED) is 0.225. The predicted octanol–water partition coefficient (Wildman–Crippen LogP) is 5.37. The molecule has 0 radical (unpaired) electrons. The first-order valence-electron chi connectivity index (χ1n) is 14.7. The van der Waals surface area contributed by atoms with Gasteiger partial charge in [-0.15, -0.1) is 0 Å². The first kappa shape index (κ1) is 29.2. The second-order valence-corrected chi connectivity index (χ2v) is 10.6. The molecule has 0 aliphatic carbocycles. The highest BCUT2D eigenvalue weighted by Gasteiger charge is 2.43. The summed E-state index contributed by atoms with van der Waals surface area (Å²) in [5, 5.41) is 2.89. The molecule has 0 aromatic heterocycles. The molecule has 0 fully saturated rings. The van der Waals surface area contributed by atoms with Crippen LogP contribution in [0.2, 0.25) is 0 Å². The molecule has 8 nitrogen and oxygen atoms in total. The Hall–Kier alpha value is -3.81. The molecule has 4 rings (SSSR count).